The highest BCUT2D eigenvalue weighted by Gasteiger charge is 2.08. The number of aromatic nitrogens is 2. The molecule has 34 heavy (non-hydrogen) atoms. The summed E-state index contributed by atoms with van der Waals surface area (Å²) in [6, 6.07) is 24.6. The molecule has 0 saturated heterocycles. The van der Waals surface area contributed by atoms with E-state index in [0.717, 1.165) is 22.7 Å². The van der Waals surface area contributed by atoms with Gasteiger partial charge in [0.15, 0.2) is 0 Å². The minimum absolute atomic E-state index is 0.210. The van der Waals surface area contributed by atoms with Crippen molar-refractivity contribution < 1.29 is 9.18 Å². The van der Waals surface area contributed by atoms with Crippen LogP contribution in [-0.4, -0.2) is 15.9 Å². The van der Waals surface area contributed by atoms with Crippen LogP contribution in [0.2, 0.25) is 0 Å². The molecule has 0 saturated carbocycles. The Labute approximate surface area is 195 Å². The van der Waals surface area contributed by atoms with E-state index in [-0.39, 0.29) is 11.7 Å². The summed E-state index contributed by atoms with van der Waals surface area (Å²) in [5.74, 6) is -0.533. The number of nitrogens with zero attached hydrogens (tertiary/aromatic N) is 2. The lowest BCUT2D eigenvalue weighted by Crippen LogP contribution is -2.11. The molecular weight excluding hydrogens is 429 g/mol. The van der Waals surface area contributed by atoms with E-state index in [1.807, 2.05) is 48.5 Å². The highest BCUT2D eigenvalue weighted by molar-refractivity contribution is 6.04. The molecule has 5 rings (SSSR count). The number of carbonyl (C=O) groups is 1. The molecular formula is C27H20FN5O. The van der Waals surface area contributed by atoms with Crippen LogP contribution in [0.15, 0.2) is 104 Å². The molecule has 2 heterocycles. The van der Waals surface area contributed by atoms with Crippen LogP contribution >= 0.6 is 0 Å². The molecule has 0 aliphatic carbocycles. The van der Waals surface area contributed by atoms with Crippen molar-refractivity contribution in [2.45, 2.75) is 0 Å². The average molecular weight is 449 g/mol. The van der Waals surface area contributed by atoms with Crippen molar-refractivity contribution in [3.8, 4) is 0 Å². The topological polar surface area (TPSA) is 78.9 Å². The number of fused-ring (bicyclic) bond motifs is 1. The number of amides is 1. The summed E-state index contributed by atoms with van der Waals surface area (Å²) in [6.45, 7) is 0. The van der Waals surface area contributed by atoms with Gasteiger partial charge in [-0.2, -0.15) is 0 Å². The van der Waals surface area contributed by atoms with E-state index in [1.54, 1.807) is 42.9 Å². The van der Waals surface area contributed by atoms with Gasteiger partial charge in [-0.05, 0) is 84.9 Å². The lowest BCUT2D eigenvalue weighted by Gasteiger charge is -2.11. The van der Waals surface area contributed by atoms with Gasteiger partial charge < -0.3 is 16.0 Å². The van der Waals surface area contributed by atoms with Gasteiger partial charge in [0.1, 0.15) is 5.82 Å². The van der Waals surface area contributed by atoms with Crippen LogP contribution in [0.25, 0.3) is 10.9 Å². The zero-order valence-corrected chi connectivity index (χ0v) is 18.0. The first kappa shape index (κ1) is 21.1. The third-order valence-corrected chi connectivity index (χ3v) is 5.24. The molecule has 1 amide bonds. The maximum Gasteiger partial charge on any atom is 0.255 e. The molecule has 2 aromatic heterocycles. The maximum absolute atomic E-state index is 13.7. The monoisotopic (exact) mass is 449 g/mol. The van der Waals surface area contributed by atoms with Crippen molar-refractivity contribution in [3.05, 3.63) is 115 Å². The van der Waals surface area contributed by atoms with Crippen molar-refractivity contribution in [3.63, 3.8) is 0 Å². The second-order valence-corrected chi connectivity index (χ2v) is 7.61. The standard InChI is InChI=1S/C27H20FN5O/c28-19-3-10-25-24(17-19)26(13-16-30-25)32-21-4-1-18(2-5-21)27(34)33-22-8-6-20(7-9-22)31-23-11-14-29-15-12-23/h1-17H,(H,29,31)(H,30,32)(H,33,34). The summed E-state index contributed by atoms with van der Waals surface area (Å²) in [4.78, 5) is 20.9. The minimum Gasteiger partial charge on any atom is -0.355 e. The molecule has 0 spiro atoms. The molecule has 0 aliphatic heterocycles. The number of anilines is 5. The summed E-state index contributed by atoms with van der Waals surface area (Å²) in [5.41, 5.74) is 5.27. The van der Waals surface area contributed by atoms with Gasteiger partial charge >= 0.3 is 0 Å². The Morgan fingerprint density at radius 2 is 1.32 bits per heavy atom. The van der Waals surface area contributed by atoms with Crippen molar-refractivity contribution in [1.29, 1.82) is 0 Å². The van der Waals surface area contributed by atoms with Gasteiger partial charge in [0.25, 0.3) is 5.91 Å². The van der Waals surface area contributed by atoms with E-state index in [9.17, 15) is 9.18 Å². The summed E-state index contributed by atoms with van der Waals surface area (Å²) < 4.78 is 13.7. The summed E-state index contributed by atoms with van der Waals surface area (Å²) in [6.07, 6.45) is 5.11. The lowest BCUT2D eigenvalue weighted by molar-refractivity contribution is 0.102. The number of rotatable bonds is 6. The lowest BCUT2D eigenvalue weighted by atomic mass is 10.1. The predicted octanol–water partition coefficient (Wildman–Crippen LogP) is 6.51. The number of hydrogen-bond acceptors (Lipinski definition) is 5. The first-order valence-corrected chi connectivity index (χ1v) is 10.6. The summed E-state index contributed by atoms with van der Waals surface area (Å²) in [5, 5.41) is 10.1. The fraction of sp³-hybridized carbons (Fsp3) is 0. The first-order chi connectivity index (χ1) is 16.6. The van der Waals surface area contributed by atoms with Crippen LogP contribution in [0, 0.1) is 5.82 Å². The number of carbonyl (C=O) groups excluding carboxylic acids is 1. The molecule has 5 aromatic rings. The van der Waals surface area contributed by atoms with Gasteiger partial charge in [0.05, 0.1) is 5.52 Å². The maximum atomic E-state index is 13.7. The van der Waals surface area contributed by atoms with Gasteiger partial charge in [-0.15, -0.1) is 0 Å². The van der Waals surface area contributed by atoms with E-state index in [1.165, 1.54) is 12.1 Å². The van der Waals surface area contributed by atoms with Crippen molar-refractivity contribution in [2.75, 3.05) is 16.0 Å². The summed E-state index contributed by atoms with van der Waals surface area (Å²) in [7, 11) is 0. The van der Waals surface area contributed by atoms with Gasteiger partial charge in [0.2, 0.25) is 0 Å². The Morgan fingerprint density at radius 1 is 0.676 bits per heavy atom. The Bertz CT molecular complexity index is 1440. The zero-order chi connectivity index (χ0) is 23.3. The largest absolute Gasteiger partial charge is 0.355 e. The van der Waals surface area contributed by atoms with E-state index < -0.39 is 0 Å². The fourth-order valence-corrected chi connectivity index (χ4v) is 3.53. The van der Waals surface area contributed by atoms with Gasteiger partial charge in [0, 0.05) is 58.0 Å². The molecule has 0 atom stereocenters. The van der Waals surface area contributed by atoms with E-state index in [4.69, 9.17) is 0 Å². The quantitative estimate of drug-likeness (QED) is 0.275. The van der Waals surface area contributed by atoms with Gasteiger partial charge in [-0.1, -0.05) is 0 Å². The van der Waals surface area contributed by atoms with Crippen LogP contribution in [-0.2, 0) is 0 Å². The number of pyridine rings is 2. The van der Waals surface area contributed by atoms with Crippen LogP contribution in [0.3, 0.4) is 0 Å². The van der Waals surface area contributed by atoms with E-state index in [0.29, 0.717) is 22.2 Å². The predicted molar refractivity (Wildman–Crippen MR) is 133 cm³/mol. The minimum atomic E-state index is -0.322. The van der Waals surface area contributed by atoms with Crippen LogP contribution in [0.4, 0.5) is 32.8 Å². The zero-order valence-electron chi connectivity index (χ0n) is 18.0. The van der Waals surface area contributed by atoms with Crippen molar-refractivity contribution >= 4 is 45.2 Å². The Kier molecular flexibility index (Phi) is 5.82. The molecule has 0 radical (unpaired) electrons. The Morgan fingerprint density at radius 3 is 2.09 bits per heavy atom. The van der Waals surface area contributed by atoms with Crippen molar-refractivity contribution in [2.24, 2.45) is 0 Å². The average Bonchev–Trinajstić information content (AvgIpc) is 2.87. The third kappa shape index (κ3) is 4.83. The van der Waals surface area contributed by atoms with Crippen LogP contribution in [0.5, 0.6) is 0 Å². The molecule has 166 valence electrons. The van der Waals surface area contributed by atoms with Gasteiger partial charge in [-0.3, -0.25) is 14.8 Å². The third-order valence-electron chi connectivity index (χ3n) is 5.24. The Balaban J connectivity index is 1.24. The fourth-order valence-electron chi connectivity index (χ4n) is 3.53. The summed E-state index contributed by atoms with van der Waals surface area (Å²) >= 11 is 0. The molecule has 7 heteroatoms. The van der Waals surface area contributed by atoms with Crippen molar-refractivity contribution in [1.82, 2.24) is 9.97 Å². The molecule has 3 N–H and O–H groups in total. The van der Waals surface area contributed by atoms with E-state index >= 15 is 0 Å². The second-order valence-electron chi connectivity index (χ2n) is 7.61. The highest BCUT2D eigenvalue weighted by atomic mass is 19.1. The number of halogens is 1. The molecule has 6 nitrogen and oxygen atoms in total. The molecule has 0 unspecified atom stereocenters. The second kappa shape index (κ2) is 9.38. The molecule has 0 aliphatic rings. The van der Waals surface area contributed by atoms with Gasteiger partial charge in [-0.25, -0.2) is 4.39 Å². The number of hydrogen-bond donors (Lipinski definition) is 3. The number of benzene rings is 3. The molecule has 3 aromatic carbocycles. The smallest absolute Gasteiger partial charge is 0.255 e. The van der Waals surface area contributed by atoms with Crippen LogP contribution < -0.4 is 16.0 Å². The highest BCUT2D eigenvalue weighted by Crippen LogP contribution is 2.26. The van der Waals surface area contributed by atoms with Crippen LogP contribution in [0.1, 0.15) is 10.4 Å². The first-order valence-electron chi connectivity index (χ1n) is 10.6. The van der Waals surface area contributed by atoms with E-state index in [2.05, 4.69) is 25.9 Å². The SMILES string of the molecule is O=C(Nc1ccc(Nc2ccncc2)cc1)c1ccc(Nc2ccnc3ccc(F)cc23)cc1. The Hall–Kier alpha value is -4.78. The molecule has 0 fully saturated rings. The number of nitrogens with one attached hydrogen (secondary N) is 3. The molecule has 0 bridgehead atoms. The normalized spacial score (nSPS) is 10.6.